The molecular weight excluding hydrogens is 396 g/mol. The number of pyridine rings is 2. The van der Waals surface area contributed by atoms with Gasteiger partial charge in [0.05, 0.1) is 5.69 Å². The number of benzene rings is 1. The van der Waals surface area contributed by atoms with Crippen LogP contribution in [0.2, 0.25) is 0 Å². The summed E-state index contributed by atoms with van der Waals surface area (Å²) < 4.78 is 1.82. The Hall–Kier alpha value is -3.58. The molecule has 0 saturated carbocycles. The van der Waals surface area contributed by atoms with Crippen molar-refractivity contribution in [2.45, 2.75) is 20.4 Å². The second-order valence-corrected chi connectivity index (χ2v) is 7.82. The number of hydrogen-bond acceptors (Lipinski definition) is 5. The van der Waals surface area contributed by atoms with Gasteiger partial charge in [-0.15, -0.1) is 11.3 Å². The summed E-state index contributed by atoms with van der Waals surface area (Å²) in [5.74, 6) is -0.155. The first-order valence-electron chi connectivity index (χ1n) is 9.44. The van der Waals surface area contributed by atoms with Crippen LogP contribution in [0.1, 0.15) is 11.4 Å². The highest BCUT2D eigenvalue weighted by Gasteiger charge is 2.10. The van der Waals surface area contributed by atoms with E-state index in [0.717, 1.165) is 33.2 Å². The number of carbonyl (C=O) groups excluding carboxylic acids is 1. The van der Waals surface area contributed by atoms with Crippen LogP contribution >= 0.6 is 11.3 Å². The molecule has 30 heavy (non-hydrogen) atoms. The number of amides is 1. The second-order valence-electron chi connectivity index (χ2n) is 6.96. The fraction of sp³-hybridized carbons (Fsp3) is 0.130. The van der Waals surface area contributed by atoms with E-state index in [1.807, 2.05) is 60.2 Å². The third-order valence-corrected chi connectivity index (χ3v) is 5.62. The number of thiazole rings is 1. The minimum absolute atomic E-state index is 0.0521. The lowest BCUT2D eigenvalue weighted by Crippen LogP contribution is -2.23. The van der Waals surface area contributed by atoms with Gasteiger partial charge in [-0.05, 0) is 38.1 Å². The molecule has 0 aliphatic rings. The van der Waals surface area contributed by atoms with Gasteiger partial charge in [0, 0.05) is 58.1 Å². The number of carbonyl (C=O) groups is 1. The largest absolute Gasteiger partial charge is 0.340 e. The minimum Gasteiger partial charge on any atom is -0.340 e. The Morgan fingerprint density at radius 3 is 2.50 bits per heavy atom. The zero-order valence-electron chi connectivity index (χ0n) is 16.6. The van der Waals surface area contributed by atoms with Crippen molar-refractivity contribution in [2.24, 2.45) is 0 Å². The number of nitrogens with one attached hydrogen (secondary N) is 1. The standard InChI is InChI=1S/C23H20N4O2S/c1-15-10-20(28)11-16(2)27(15)13-22(29)25-19-5-3-4-18(12-19)21-14-30-23(26-21)17-6-8-24-9-7-17/h3-12,14H,13H2,1-2H3,(H,25,29). The van der Waals surface area contributed by atoms with E-state index in [1.54, 1.807) is 23.7 Å². The first kappa shape index (κ1) is 19.7. The maximum Gasteiger partial charge on any atom is 0.244 e. The van der Waals surface area contributed by atoms with Crippen LogP contribution in [-0.2, 0) is 11.3 Å². The van der Waals surface area contributed by atoms with Gasteiger partial charge in [0.1, 0.15) is 11.6 Å². The molecule has 0 spiro atoms. The van der Waals surface area contributed by atoms with Crippen LogP contribution in [0.25, 0.3) is 21.8 Å². The fourth-order valence-corrected chi connectivity index (χ4v) is 4.11. The molecule has 0 atom stereocenters. The SMILES string of the molecule is Cc1cc(=O)cc(C)n1CC(=O)Nc1cccc(-c2csc(-c3ccncc3)n2)c1. The molecular formula is C23H20N4O2S. The Morgan fingerprint density at radius 1 is 1.03 bits per heavy atom. The van der Waals surface area contributed by atoms with Gasteiger partial charge in [0.2, 0.25) is 5.91 Å². The van der Waals surface area contributed by atoms with Gasteiger partial charge in [-0.3, -0.25) is 14.6 Å². The van der Waals surface area contributed by atoms with E-state index in [0.29, 0.717) is 5.69 Å². The smallest absolute Gasteiger partial charge is 0.244 e. The highest BCUT2D eigenvalue weighted by atomic mass is 32.1. The van der Waals surface area contributed by atoms with Crippen LogP contribution in [0.15, 0.2) is 71.1 Å². The molecule has 1 N–H and O–H groups in total. The summed E-state index contributed by atoms with van der Waals surface area (Å²) >= 11 is 1.57. The van der Waals surface area contributed by atoms with Crippen molar-refractivity contribution in [3.8, 4) is 21.8 Å². The first-order valence-corrected chi connectivity index (χ1v) is 10.3. The van der Waals surface area contributed by atoms with Crippen molar-refractivity contribution < 1.29 is 4.79 Å². The number of nitrogens with zero attached hydrogens (tertiary/aromatic N) is 3. The van der Waals surface area contributed by atoms with Gasteiger partial charge in [-0.25, -0.2) is 4.98 Å². The molecule has 0 unspecified atom stereocenters. The Kier molecular flexibility index (Phi) is 5.54. The summed E-state index contributed by atoms with van der Waals surface area (Å²) in [4.78, 5) is 32.9. The summed E-state index contributed by atoms with van der Waals surface area (Å²) in [7, 11) is 0. The molecule has 0 aliphatic carbocycles. The highest BCUT2D eigenvalue weighted by molar-refractivity contribution is 7.13. The van der Waals surface area contributed by atoms with E-state index in [-0.39, 0.29) is 17.9 Å². The lowest BCUT2D eigenvalue weighted by atomic mass is 10.1. The summed E-state index contributed by atoms with van der Waals surface area (Å²) in [6, 6.07) is 14.5. The molecule has 0 fully saturated rings. The first-order chi connectivity index (χ1) is 14.5. The Balaban J connectivity index is 1.51. The van der Waals surface area contributed by atoms with Gasteiger partial charge >= 0.3 is 0 Å². The molecule has 4 aromatic rings. The van der Waals surface area contributed by atoms with Crippen molar-refractivity contribution in [2.75, 3.05) is 5.32 Å². The zero-order valence-corrected chi connectivity index (χ0v) is 17.4. The van der Waals surface area contributed by atoms with Gasteiger partial charge in [0.25, 0.3) is 0 Å². The maximum atomic E-state index is 12.6. The Bertz CT molecular complexity index is 1240. The van der Waals surface area contributed by atoms with Crippen LogP contribution in [0.3, 0.4) is 0 Å². The summed E-state index contributed by atoms with van der Waals surface area (Å²) in [5, 5.41) is 5.86. The number of aryl methyl sites for hydroxylation is 2. The van der Waals surface area contributed by atoms with Gasteiger partial charge < -0.3 is 9.88 Å². The predicted octanol–water partition coefficient (Wildman–Crippen LogP) is 4.29. The lowest BCUT2D eigenvalue weighted by Gasteiger charge is -2.14. The van der Waals surface area contributed by atoms with Crippen LogP contribution in [0.4, 0.5) is 5.69 Å². The second kappa shape index (κ2) is 8.42. The van der Waals surface area contributed by atoms with Crippen molar-refractivity contribution in [1.29, 1.82) is 0 Å². The Labute approximate surface area is 177 Å². The molecule has 150 valence electrons. The summed E-state index contributed by atoms with van der Waals surface area (Å²) in [6.07, 6.45) is 3.50. The molecule has 7 heteroatoms. The molecule has 1 amide bonds. The van der Waals surface area contributed by atoms with E-state index in [9.17, 15) is 9.59 Å². The van der Waals surface area contributed by atoms with Crippen molar-refractivity contribution in [1.82, 2.24) is 14.5 Å². The topological polar surface area (TPSA) is 76.9 Å². The average Bonchev–Trinajstić information content (AvgIpc) is 3.22. The van der Waals surface area contributed by atoms with Crippen LogP contribution < -0.4 is 10.7 Å². The number of rotatable bonds is 5. The molecule has 3 aromatic heterocycles. The molecule has 0 bridgehead atoms. The number of anilines is 1. The average molecular weight is 417 g/mol. The third kappa shape index (κ3) is 4.36. The minimum atomic E-state index is -0.155. The van der Waals surface area contributed by atoms with Crippen molar-refractivity contribution >= 4 is 22.9 Å². The number of aromatic nitrogens is 3. The van der Waals surface area contributed by atoms with Crippen molar-refractivity contribution in [3.63, 3.8) is 0 Å². The molecule has 0 radical (unpaired) electrons. The number of hydrogen-bond donors (Lipinski definition) is 1. The molecule has 4 rings (SSSR count). The molecule has 1 aromatic carbocycles. The van der Waals surface area contributed by atoms with E-state index in [4.69, 9.17) is 4.98 Å². The molecule has 0 aliphatic heterocycles. The van der Waals surface area contributed by atoms with Crippen LogP contribution in [-0.4, -0.2) is 20.4 Å². The lowest BCUT2D eigenvalue weighted by molar-refractivity contribution is -0.116. The van der Waals surface area contributed by atoms with E-state index < -0.39 is 0 Å². The van der Waals surface area contributed by atoms with Gasteiger partial charge in [0.15, 0.2) is 5.43 Å². The van der Waals surface area contributed by atoms with E-state index in [1.165, 1.54) is 12.1 Å². The van der Waals surface area contributed by atoms with Crippen LogP contribution in [0, 0.1) is 13.8 Å². The normalized spacial score (nSPS) is 10.7. The van der Waals surface area contributed by atoms with Crippen molar-refractivity contribution in [3.05, 3.63) is 87.9 Å². The monoisotopic (exact) mass is 416 g/mol. The van der Waals surface area contributed by atoms with E-state index >= 15 is 0 Å². The molecule has 6 nitrogen and oxygen atoms in total. The summed E-state index contributed by atoms with van der Waals surface area (Å²) in [6.45, 7) is 3.79. The molecule has 3 heterocycles. The highest BCUT2D eigenvalue weighted by Crippen LogP contribution is 2.29. The van der Waals surface area contributed by atoms with Crippen LogP contribution in [0.5, 0.6) is 0 Å². The maximum absolute atomic E-state index is 12.6. The molecule has 0 saturated heterocycles. The zero-order chi connectivity index (χ0) is 21.1. The van der Waals surface area contributed by atoms with Gasteiger partial charge in [-0.2, -0.15) is 0 Å². The Morgan fingerprint density at radius 2 is 1.77 bits per heavy atom. The van der Waals surface area contributed by atoms with Gasteiger partial charge in [-0.1, -0.05) is 12.1 Å². The van der Waals surface area contributed by atoms with E-state index in [2.05, 4.69) is 10.3 Å². The summed E-state index contributed by atoms with van der Waals surface area (Å²) in [5.41, 5.74) is 4.98. The third-order valence-electron chi connectivity index (χ3n) is 4.73. The predicted molar refractivity (Wildman–Crippen MR) is 120 cm³/mol. The quantitative estimate of drug-likeness (QED) is 0.527. The fourth-order valence-electron chi connectivity index (χ4n) is 3.27.